The van der Waals surface area contributed by atoms with Gasteiger partial charge < -0.3 is 15.3 Å². The molecule has 0 rings (SSSR count). The second-order valence-corrected chi connectivity index (χ2v) is 7.19. The molecule has 7 heteroatoms. The number of hydrogen-bond acceptors (Lipinski definition) is 6. The van der Waals surface area contributed by atoms with Gasteiger partial charge in [-0.15, -0.1) is 0 Å². The summed E-state index contributed by atoms with van der Waals surface area (Å²) >= 11 is 0. The molecule has 0 heterocycles. The Balaban J connectivity index is 4.79. The average molecular weight is 283 g/mol. The molecule has 18 heavy (non-hydrogen) atoms. The van der Waals surface area contributed by atoms with Crippen molar-refractivity contribution in [3.8, 4) is 0 Å². The molecule has 0 fully saturated rings. The van der Waals surface area contributed by atoms with Crippen LogP contribution in [0.2, 0.25) is 0 Å². The number of hydrogen-bond donors (Lipinski definition) is 3. The number of aliphatic hydroxyl groups excluding tert-OH is 3. The Labute approximate surface area is 109 Å². The summed E-state index contributed by atoms with van der Waals surface area (Å²) in [6, 6.07) is -0.353. The van der Waals surface area contributed by atoms with Gasteiger partial charge in [-0.05, 0) is 12.3 Å². The molecule has 2 atom stereocenters. The zero-order valence-corrected chi connectivity index (χ0v) is 12.1. The molecular weight excluding hydrogens is 258 g/mol. The summed E-state index contributed by atoms with van der Waals surface area (Å²) in [5.41, 5.74) is 0. The van der Waals surface area contributed by atoms with Crippen LogP contribution < -0.4 is 0 Å². The van der Waals surface area contributed by atoms with Gasteiger partial charge in [0.05, 0.1) is 19.0 Å². The van der Waals surface area contributed by atoms with Crippen molar-refractivity contribution in [2.75, 3.05) is 31.8 Å². The molecule has 0 saturated carbocycles. The highest BCUT2D eigenvalue weighted by atomic mass is 32.2. The molecule has 0 amide bonds. The Bertz CT molecular complexity index is 317. The highest BCUT2D eigenvalue weighted by molar-refractivity contribution is 7.90. The van der Waals surface area contributed by atoms with E-state index in [1.54, 1.807) is 0 Å². The first-order valence-electron chi connectivity index (χ1n) is 6.04. The Hall–Kier alpha value is -0.210. The fraction of sp³-hybridized carbons (Fsp3) is 1.00. The van der Waals surface area contributed by atoms with Gasteiger partial charge in [-0.3, -0.25) is 4.90 Å². The van der Waals surface area contributed by atoms with Crippen LogP contribution in [0.25, 0.3) is 0 Å². The standard InChI is InChI=1S/C11H25NO5S/c1-9(2)6-10(7-14)12(4-5-13)11(15)8-18(3,16)17/h9-11,13-15H,4-8H2,1-3H3. The van der Waals surface area contributed by atoms with Crippen LogP contribution in [0.1, 0.15) is 20.3 Å². The second kappa shape index (κ2) is 8.06. The van der Waals surface area contributed by atoms with E-state index < -0.39 is 21.8 Å². The molecule has 0 bridgehead atoms. The van der Waals surface area contributed by atoms with Gasteiger partial charge in [-0.25, -0.2) is 8.42 Å². The Morgan fingerprint density at radius 1 is 1.22 bits per heavy atom. The lowest BCUT2D eigenvalue weighted by atomic mass is 10.0. The topological polar surface area (TPSA) is 98.1 Å². The molecular formula is C11H25NO5S. The lowest BCUT2D eigenvalue weighted by Crippen LogP contribution is -2.49. The van der Waals surface area contributed by atoms with Crippen LogP contribution in [0.5, 0.6) is 0 Å². The van der Waals surface area contributed by atoms with Crippen LogP contribution in [-0.4, -0.2) is 72.7 Å². The molecule has 2 unspecified atom stereocenters. The largest absolute Gasteiger partial charge is 0.395 e. The molecule has 0 aromatic heterocycles. The predicted molar refractivity (Wildman–Crippen MR) is 69.8 cm³/mol. The summed E-state index contributed by atoms with van der Waals surface area (Å²) in [5.74, 6) is -0.101. The number of rotatable bonds is 9. The molecule has 0 aliphatic rings. The first kappa shape index (κ1) is 17.8. The smallest absolute Gasteiger partial charge is 0.151 e. The third-order valence-electron chi connectivity index (χ3n) is 2.62. The van der Waals surface area contributed by atoms with Gasteiger partial charge in [-0.2, -0.15) is 0 Å². The van der Waals surface area contributed by atoms with Crippen molar-refractivity contribution >= 4 is 9.84 Å². The van der Waals surface area contributed by atoms with E-state index in [1.807, 2.05) is 13.8 Å². The van der Waals surface area contributed by atoms with Crippen LogP contribution in [-0.2, 0) is 9.84 Å². The molecule has 0 radical (unpaired) electrons. The summed E-state index contributed by atoms with van der Waals surface area (Å²) in [7, 11) is -3.31. The van der Waals surface area contributed by atoms with E-state index in [2.05, 4.69) is 0 Å². The summed E-state index contributed by atoms with van der Waals surface area (Å²) in [6.07, 6.45) is 0.462. The Morgan fingerprint density at radius 3 is 2.11 bits per heavy atom. The van der Waals surface area contributed by atoms with Gasteiger partial charge in [0.15, 0.2) is 9.84 Å². The quantitative estimate of drug-likeness (QED) is 0.472. The molecule has 0 aliphatic carbocycles. The molecule has 3 N–H and O–H groups in total. The third-order valence-corrected chi connectivity index (χ3v) is 3.52. The zero-order valence-electron chi connectivity index (χ0n) is 11.3. The van der Waals surface area contributed by atoms with Crippen molar-refractivity contribution in [1.82, 2.24) is 4.90 Å². The fourth-order valence-corrected chi connectivity index (χ4v) is 2.65. The highest BCUT2D eigenvalue weighted by Gasteiger charge is 2.27. The SMILES string of the molecule is CC(C)CC(CO)N(CCO)C(O)CS(C)(=O)=O. The maximum atomic E-state index is 11.2. The average Bonchev–Trinajstić information content (AvgIpc) is 2.20. The highest BCUT2D eigenvalue weighted by Crippen LogP contribution is 2.14. The second-order valence-electron chi connectivity index (χ2n) is 5.00. The molecule has 0 aliphatic heterocycles. The van der Waals surface area contributed by atoms with Crippen molar-refractivity contribution in [3.63, 3.8) is 0 Å². The Morgan fingerprint density at radius 2 is 1.78 bits per heavy atom. The lowest BCUT2D eigenvalue weighted by Gasteiger charge is -2.34. The summed E-state index contributed by atoms with van der Waals surface area (Å²) < 4.78 is 22.3. The van der Waals surface area contributed by atoms with Crippen LogP contribution in [0.4, 0.5) is 0 Å². The molecule has 6 nitrogen and oxygen atoms in total. The summed E-state index contributed by atoms with van der Waals surface area (Å²) in [5, 5.41) is 28.2. The lowest BCUT2D eigenvalue weighted by molar-refractivity contribution is -0.0386. The van der Waals surface area contributed by atoms with Gasteiger partial charge in [0.1, 0.15) is 6.23 Å². The number of nitrogens with zero attached hydrogens (tertiary/aromatic N) is 1. The molecule has 0 aromatic carbocycles. The van der Waals surface area contributed by atoms with Crippen LogP contribution >= 0.6 is 0 Å². The summed E-state index contributed by atoms with van der Waals surface area (Å²) in [6.45, 7) is 3.70. The van der Waals surface area contributed by atoms with Crippen molar-refractivity contribution in [2.45, 2.75) is 32.5 Å². The fourth-order valence-electron chi connectivity index (χ4n) is 1.92. The van der Waals surface area contributed by atoms with Gasteiger partial charge in [-0.1, -0.05) is 13.8 Å². The molecule has 0 spiro atoms. The molecule has 0 aromatic rings. The summed E-state index contributed by atoms with van der Waals surface area (Å²) in [4.78, 5) is 1.45. The van der Waals surface area contributed by atoms with Crippen molar-refractivity contribution in [3.05, 3.63) is 0 Å². The van der Waals surface area contributed by atoms with E-state index in [-0.39, 0.29) is 25.8 Å². The minimum Gasteiger partial charge on any atom is -0.395 e. The number of sulfone groups is 1. The predicted octanol–water partition coefficient (Wildman–Crippen LogP) is -0.949. The maximum absolute atomic E-state index is 11.2. The normalized spacial score (nSPS) is 16.2. The third kappa shape index (κ3) is 7.27. The first-order chi connectivity index (χ1) is 8.21. The maximum Gasteiger partial charge on any atom is 0.151 e. The number of aliphatic hydroxyl groups is 3. The molecule has 0 saturated heterocycles. The van der Waals surface area contributed by atoms with Crippen LogP contribution in [0.15, 0.2) is 0 Å². The van der Waals surface area contributed by atoms with Crippen LogP contribution in [0.3, 0.4) is 0 Å². The van der Waals surface area contributed by atoms with E-state index in [0.717, 1.165) is 6.26 Å². The van der Waals surface area contributed by atoms with Gasteiger partial charge >= 0.3 is 0 Å². The van der Waals surface area contributed by atoms with Gasteiger partial charge in [0.25, 0.3) is 0 Å². The van der Waals surface area contributed by atoms with E-state index >= 15 is 0 Å². The van der Waals surface area contributed by atoms with E-state index in [1.165, 1.54) is 4.90 Å². The van der Waals surface area contributed by atoms with Gasteiger partial charge in [0.2, 0.25) is 0 Å². The van der Waals surface area contributed by atoms with E-state index in [4.69, 9.17) is 5.11 Å². The van der Waals surface area contributed by atoms with E-state index in [0.29, 0.717) is 12.3 Å². The van der Waals surface area contributed by atoms with Gasteiger partial charge in [0, 0.05) is 18.8 Å². The monoisotopic (exact) mass is 283 g/mol. The van der Waals surface area contributed by atoms with Crippen molar-refractivity contribution in [1.29, 1.82) is 0 Å². The first-order valence-corrected chi connectivity index (χ1v) is 8.10. The molecule has 110 valence electrons. The minimum atomic E-state index is -3.31. The van der Waals surface area contributed by atoms with Crippen molar-refractivity contribution < 1.29 is 23.7 Å². The van der Waals surface area contributed by atoms with E-state index in [9.17, 15) is 18.6 Å². The Kier molecular flexibility index (Phi) is 7.97. The minimum absolute atomic E-state index is 0.134. The van der Waals surface area contributed by atoms with Crippen molar-refractivity contribution in [2.24, 2.45) is 5.92 Å². The zero-order chi connectivity index (χ0) is 14.3. The van der Waals surface area contributed by atoms with Crippen LogP contribution in [0, 0.1) is 5.92 Å².